The number of carboxylic acids is 1. The van der Waals surface area contributed by atoms with Crippen molar-refractivity contribution in [3.8, 4) is 0 Å². The van der Waals surface area contributed by atoms with Gasteiger partial charge in [0.25, 0.3) is 0 Å². The lowest BCUT2D eigenvalue weighted by Gasteiger charge is -2.34. The third kappa shape index (κ3) is 4.19. The molecule has 2 rings (SSSR count). The van der Waals surface area contributed by atoms with Gasteiger partial charge < -0.3 is 5.11 Å². The molecule has 1 saturated heterocycles. The first-order valence-corrected chi connectivity index (χ1v) is 8.46. The van der Waals surface area contributed by atoms with Gasteiger partial charge in [0.15, 0.2) is 9.84 Å². The van der Waals surface area contributed by atoms with Gasteiger partial charge in [-0.2, -0.15) is 0 Å². The molecule has 0 saturated carbocycles. The highest BCUT2D eigenvalue weighted by atomic mass is 35.5. The van der Waals surface area contributed by atoms with E-state index in [-0.39, 0.29) is 17.9 Å². The number of carboxylic acid groups (broad SMARTS) is 1. The maximum atomic E-state index is 11.7. The number of aliphatic carboxylic acids is 1. The van der Waals surface area contributed by atoms with Crippen molar-refractivity contribution in [2.75, 3.05) is 18.1 Å². The largest absolute Gasteiger partial charge is 0.481 e. The standard InChI is InChI=1S/C13H16ClNO4S/c14-11-3-1-2-10(6-11)8-15-4-5-20(18,19)9-12(15)7-13(16)17/h1-3,6,12H,4-5,7-9H2,(H,16,17). The third-order valence-corrected chi connectivity index (χ3v) is 5.27. The summed E-state index contributed by atoms with van der Waals surface area (Å²) < 4.78 is 23.3. The molecule has 0 amide bonds. The molecule has 1 unspecified atom stereocenters. The molecule has 1 aliphatic heterocycles. The normalized spacial score (nSPS) is 22.6. The Balaban J connectivity index is 2.13. The van der Waals surface area contributed by atoms with Crippen LogP contribution in [0.5, 0.6) is 0 Å². The second kappa shape index (κ2) is 6.11. The zero-order chi connectivity index (χ0) is 14.8. The molecule has 0 spiro atoms. The van der Waals surface area contributed by atoms with Gasteiger partial charge in [-0.1, -0.05) is 23.7 Å². The molecule has 7 heteroatoms. The van der Waals surface area contributed by atoms with Crippen LogP contribution in [0.15, 0.2) is 24.3 Å². The van der Waals surface area contributed by atoms with Crippen LogP contribution in [0.25, 0.3) is 0 Å². The number of rotatable bonds is 4. The van der Waals surface area contributed by atoms with Gasteiger partial charge in [-0.15, -0.1) is 0 Å². The van der Waals surface area contributed by atoms with Crippen LogP contribution in [0.4, 0.5) is 0 Å². The van der Waals surface area contributed by atoms with E-state index in [1.54, 1.807) is 6.07 Å². The fourth-order valence-electron chi connectivity index (χ4n) is 2.39. The van der Waals surface area contributed by atoms with E-state index in [0.717, 1.165) is 5.56 Å². The predicted octanol–water partition coefficient (Wildman–Crippen LogP) is 1.41. The van der Waals surface area contributed by atoms with Crippen molar-refractivity contribution in [1.29, 1.82) is 0 Å². The maximum Gasteiger partial charge on any atom is 0.304 e. The Morgan fingerprint density at radius 3 is 2.85 bits per heavy atom. The van der Waals surface area contributed by atoms with Gasteiger partial charge in [0.2, 0.25) is 0 Å². The molecule has 5 nitrogen and oxygen atoms in total. The fraction of sp³-hybridized carbons (Fsp3) is 0.462. The SMILES string of the molecule is O=C(O)CC1CS(=O)(=O)CCN1Cc1cccc(Cl)c1. The van der Waals surface area contributed by atoms with Crippen LogP contribution < -0.4 is 0 Å². The zero-order valence-corrected chi connectivity index (χ0v) is 12.4. The Bertz CT molecular complexity index is 602. The van der Waals surface area contributed by atoms with Crippen molar-refractivity contribution >= 4 is 27.4 Å². The summed E-state index contributed by atoms with van der Waals surface area (Å²) in [7, 11) is -3.14. The van der Waals surface area contributed by atoms with Crippen LogP contribution in [0.2, 0.25) is 5.02 Å². The highest BCUT2D eigenvalue weighted by Gasteiger charge is 2.32. The van der Waals surface area contributed by atoms with Crippen molar-refractivity contribution in [3.63, 3.8) is 0 Å². The minimum atomic E-state index is -3.14. The van der Waals surface area contributed by atoms with E-state index in [1.165, 1.54) is 0 Å². The fourth-order valence-corrected chi connectivity index (χ4v) is 4.20. The molecule has 1 N–H and O–H groups in total. The number of nitrogens with zero attached hydrogens (tertiary/aromatic N) is 1. The van der Waals surface area contributed by atoms with Gasteiger partial charge in [-0.25, -0.2) is 8.42 Å². The maximum absolute atomic E-state index is 11.7. The lowest BCUT2D eigenvalue weighted by atomic mass is 10.1. The van der Waals surface area contributed by atoms with E-state index in [0.29, 0.717) is 18.1 Å². The monoisotopic (exact) mass is 317 g/mol. The molecule has 0 bridgehead atoms. The zero-order valence-electron chi connectivity index (χ0n) is 10.8. The van der Waals surface area contributed by atoms with Crippen LogP contribution in [0, 0.1) is 0 Å². The minimum Gasteiger partial charge on any atom is -0.481 e. The highest BCUT2D eigenvalue weighted by molar-refractivity contribution is 7.91. The van der Waals surface area contributed by atoms with E-state index in [1.807, 2.05) is 23.1 Å². The van der Waals surface area contributed by atoms with Crippen molar-refractivity contribution < 1.29 is 18.3 Å². The highest BCUT2D eigenvalue weighted by Crippen LogP contribution is 2.19. The molecule has 0 aliphatic carbocycles. The van der Waals surface area contributed by atoms with Crippen molar-refractivity contribution in [3.05, 3.63) is 34.9 Å². The quantitative estimate of drug-likeness (QED) is 0.909. The number of hydrogen-bond donors (Lipinski definition) is 1. The van der Waals surface area contributed by atoms with Gasteiger partial charge in [0.05, 0.1) is 17.9 Å². The molecular weight excluding hydrogens is 302 g/mol. The summed E-state index contributed by atoms with van der Waals surface area (Å²) >= 11 is 5.92. The number of hydrogen-bond acceptors (Lipinski definition) is 4. The Hall–Kier alpha value is -1.11. The number of benzene rings is 1. The summed E-state index contributed by atoms with van der Waals surface area (Å²) in [6.45, 7) is 0.862. The van der Waals surface area contributed by atoms with Gasteiger partial charge in [-0.3, -0.25) is 9.69 Å². The van der Waals surface area contributed by atoms with Gasteiger partial charge >= 0.3 is 5.97 Å². The molecule has 1 aromatic rings. The number of carbonyl (C=O) groups is 1. The molecule has 1 fully saturated rings. The second-order valence-electron chi connectivity index (χ2n) is 4.97. The molecule has 1 heterocycles. The molecule has 1 atom stereocenters. The van der Waals surface area contributed by atoms with Crippen LogP contribution in [-0.2, 0) is 21.2 Å². The molecule has 0 radical (unpaired) electrons. The Kier molecular flexibility index (Phi) is 4.67. The average Bonchev–Trinajstić information content (AvgIpc) is 2.31. The average molecular weight is 318 g/mol. The molecule has 20 heavy (non-hydrogen) atoms. The van der Waals surface area contributed by atoms with E-state index < -0.39 is 21.8 Å². The van der Waals surface area contributed by atoms with Crippen LogP contribution >= 0.6 is 11.6 Å². The third-order valence-electron chi connectivity index (χ3n) is 3.34. The van der Waals surface area contributed by atoms with Gasteiger partial charge in [0, 0.05) is 24.2 Å². The summed E-state index contributed by atoms with van der Waals surface area (Å²) in [6.07, 6.45) is -0.167. The predicted molar refractivity (Wildman–Crippen MR) is 76.6 cm³/mol. The first kappa shape index (κ1) is 15.3. The molecular formula is C13H16ClNO4S. The summed E-state index contributed by atoms with van der Waals surface area (Å²) in [5, 5.41) is 9.53. The number of sulfone groups is 1. The van der Waals surface area contributed by atoms with E-state index in [9.17, 15) is 13.2 Å². The molecule has 1 aliphatic rings. The van der Waals surface area contributed by atoms with Crippen LogP contribution in [0.3, 0.4) is 0 Å². The topological polar surface area (TPSA) is 74.7 Å². The lowest BCUT2D eigenvalue weighted by molar-refractivity contribution is -0.138. The van der Waals surface area contributed by atoms with Crippen molar-refractivity contribution in [1.82, 2.24) is 4.90 Å². The smallest absolute Gasteiger partial charge is 0.304 e. The number of halogens is 1. The summed E-state index contributed by atoms with van der Waals surface area (Å²) in [5.74, 6) is -1.01. The Morgan fingerprint density at radius 2 is 2.20 bits per heavy atom. The first-order valence-electron chi connectivity index (χ1n) is 6.26. The van der Waals surface area contributed by atoms with Crippen LogP contribution in [-0.4, -0.2) is 48.5 Å². The molecule has 110 valence electrons. The molecule has 0 aromatic heterocycles. The summed E-state index contributed by atoms with van der Waals surface area (Å²) in [5.41, 5.74) is 0.951. The second-order valence-corrected chi connectivity index (χ2v) is 7.63. The summed E-state index contributed by atoms with van der Waals surface area (Å²) in [6, 6.07) is 6.81. The van der Waals surface area contributed by atoms with Crippen LogP contribution in [0.1, 0.15) is 12.0 Å². The Morgan fingerprint density at radius 1 is 1.45 bits per heavy atom. The first-order chi connectivity index (χ1) is 9.35. The summed E-state index contributed by atoms with van der Waals surface area (Å²) in [4.78, 5) is 12.8. The Labute approximate surface area is 123 Å². The molecule has 1 aromatic carbocycles. The van der Waals surface area contributed by atoms with E-state index in [4.69, 9.17) is 16.7 Å². The van der Waals surface area contributed by atoms with Gasteiger partial charge in [-0.05, 0) is 17.7 Å². The minimum absolute atomic E-state index is 0.0731. The van der Waals surface area contributed by atoms with Crippen molar-refractivity contribution in [2.45, 2.75) is 19.0 Å². The van der Waals surface area contributed by atoms with Crippen molar-refractivity contribution in [2.24, 2.45) is 0 Å². The lowest BCUT2D eigenvalue weighted by Crippen LogP contribution is -2.48. The van der Waals surface area contributed by atoms with E-state index in [2.05, 4.69) is 0 Å². The van der Waals surface area contributed by atoms with Gasteiger partial charge in [0.1, 0.15) is 0 Å². The van der Waals surface area contributed by atoms with E-state index >= 15 is 0 Å².